The van der Waals surface area contributed by atoms with Gasteiger partial charge in [0.1, 0.15) is 5.82 Å². The average molecular weight is 368 g/mol. The molecule has 106 valence electrons. The zero-order valence-corrected chi connectivity index (χ0v) is 12.8. The van der Waals surface area contributed by atoms with Crippen LogP contribution in [0.3, 0.4) is 0 Å². The highest BCUT2D eigenvalue weighted by Gasteiger charge is 2.37. The highest BCUT2D eigenvalue weighted by molar-refractivity contribution is 9.11. The predicted octanol–water partition coefficient (Wildman–Crippen LogP) is 3.06. The van der Waals surface area contributed by atoms with Gasteiger partial charge in [0.25, 0.3) is 11.7 Å². The van der Waals surface area contributed by atoms with Crippen molar-refractivity contribution in [2.24, 2.45) is 0 Å². The van der Waals surface area contributed by atoms with E-state index in [4.69, 9.17) is 0 Å². The van der Waals surface area contributed by atoms with Crippen LogP contribution in [0.2, 0.25) is 0 Å². The van der Waals surface area contributed by atoms with Crippen molar-refractivity contribution >= 4 is 50.4 Å². The van der Waals surface area contributed by atoms with E-state index in [0.717, 1.165) is 20.8 Å². The lowest BCUT2D eigenvalue weighted by molar-refractivity contribution is -0.114. The van der Waals surface area contributed by atoms with Crippen LogP contribution in [0.25, 0.3) is 0 Å². The Bertz CT molecular complexity index is 786. The van der Waals surface area contributed by atoms with E-state index in [9.17, 15) is 18.8 Å². The number of ketones is 2. The van der Waals surface area contributed by atoms with E-state index in [2.05, 4.69) is 15.9 Å². The molecule has 0 spiro atoms. The number of amides is 1. The molecule has 1 aliphatic rings. The number of benzene rings is 1. The normalized spacial score (nSPS) is 13.7. The molecule has 2 heterocycles. The monoisotopic (exact) mass is 367 g/mol. The summed E-state index contributed by atoms with van der Waals surface area (Å²) in [5.41, 5.74) is 0.274. The molecule has 1 amide bonds. The Morgan fingerprint density at radius 3 is 2.67 bits per heavy atom. The first-order valence-electron chi connectivity index (χ1n) is 5.91. The maximum absolute atomic E-state index is 13.3. The van der Waals surface area contributed by atoms with Crippen LogP contribution in [-0.4, -0.2) is 24.0 Å². The molecule has 0 radical (unpaired) electrons. The van der Waals surface area contributed by atoms with Gasteiger partial charge in [0, 0.05) is 0 Å². The second-order valence-corrected chi connectivity index (χ2v) is 6.87. The zero-order valence-electron chi connectivity index (χ0n) is 10.4. The summed E-state index contributed by atoms with van der Waals surface area (Å²) < 4.78 is 14.1. The Kier molecular flexibility index (Phi) is 3.46. The van der Waals surface area contributed by atoms with Crippen LogP contribution in [0.4, 0.5) is 10.1 Å². The average Bonchev–Trinajstić information content (AvgIpc) is 2.97. The van der Waals surface area contributed by atoms with Crippen LogP contribution in [0, 0.1) is 5.82 Å². The quantitative estimate of drug-likeness (QED) is 0.618. The third kappa shape index (κ3) is 2.43. The largest absolute Gasteiger partial charge is 0.299 e. The fourth-order valence-electron chi connectivity index (χ4n) is 2.11. The van der Waals surface area contributed by atoms with Gasteiger partial charge in [-0.2, -0.15) is 0 Å². The molecule has 4 nitrogen and oxygen atoms in total. The Hall–Kier alpha value is -1.86. The number of rotatable bonds is 3. The zero-order chi connectivity index (χ0) is 15.1. The number of carbonyl (C=O) groups excluding carboxylic acids is 3. The van der Waals surface area contributed by atoms with Gasteiger partial charge in [-0.15, -0.1) is 11.3 Å². The van der Waals surface area contributed by atoms with E-state index in [-0.39, 0.29) is 23.6 Å². The molecule has 2 aromatic rings. The fourth-order valence-corrected chi connectivity index (χ4v) is 3.43. The van der Waals surface area contributed by atoms with Crippen LogP contribution in [0.5, 0.6) is 0 Å². The Balaban J connectivity index is 1.93. The summed E-state index contributed by atoms with van der Waals surface area (Å²) in [5.74, 6) is -2.39. The Labute approximate surface area is 131 Å². The van der Waals surface area contributed by atoms with E-state index >= 15 is 0 Å². The van der Waals surface area contributed by atoms with Crippen LogP contribution >= 0.6 is 27.3 Å². The molecule has 0 fully saturated rings. The van der Waals surface area contributed by atoms with Crippen LogP contribution < -0.4 is 4.90 Å². The van der Waals surface area contributed by atoms with Gasteiger partial charge in [-0.25, -0.2) is 4.39 Å². The number of hydrogen-bond donors (Lipinski definition) is 0. The number of halogens is 2. The summed E-state index contributed by atoms with van der Waals surface area (Å²) in [6, 6.07) is 6.83. The second-order valence-electron chi connectivity index (χ2n) is 4.41. The third-order valence-electron chi connectivity index (χ3n) is 3.08. The molecule has 1 aromatic heterocycles. The maximum atomic E-state index is 13.3. The van der Waals surface area contributed by atoms with E-state index < -0.39 is 17.5 Å². The highest BCUT2D eigenvalue weighted by atomic mass is 79.9. The van der Waals surface area contributed by atoms with Gasteiger partial charge in [0.2, 0.25) is 0 Å². The number of fused-ring (bicyclic) bond motifs is 1. The van der Waals surface area contributed by atoms with Crippen molar-refractivity contribution in [1.82, 2.24) is 0 Å². The molecule has 1 aliphatic heterocycles. The van der Waals surface area contributed by atoms with Gasteiger partial charge >= 0.3 is 0 Å². The Morgan fingerprint density at radius 2 is 2.00 bits per heavy atom. The lowest BCUT2D eigenvalue weighted by atomic mass is 10.1. The number of nitrogens with zero attached hydrogens (tertiary/aromatic N) is 1. The van der Waals surface area contributed by atoms with Crippen molar-refractivity contribution in [3.8, 4) is 0 Å². The van der Waals surface area contributed by atoms with Crippen LogP contribution in [-0.2, 0) is 4.79 Å². The van der Waals surface area contributed by atoms with Crippen molar-refractivity contribution in [3.05, 3.63) is 50.4 Å². The molecule has 0 bridgehead atoms. The summed E-state index contributed by atoms with van der Waals surface area (Å²) in [7, 11) is 0. The molecule has 7 heteroatoms. The topological polar surface area (TPSA) is 54.5 Å². The summed E-state index contributed by atoms with van der Waals surface area (Å²) >= 11 is 4.49. The second kappa shape index (κ2) is 5.16. The lowest BCUT2D eigenvalue weighted by Gasteiger charge is -2.14. The first-order chi connectivity index (χ1) is 9.97. The summed E-state index contributed by atoms with van der Waals surface area (Å²) in [6.45, 7) is -0.284. The minimum absolute atomic E-state index is 0.126. The van der Waals surface area contributed by atoms with Gasteiger partial charge in [-0.05, 0) is 46.3 Å². The first-order valence-corrected chi connectivity index (χ1v) is 7.52. The van der Waals surface area contributed by atoms with Gasteiger partial charge in [0.15, 0.2) is 5.78 Å². The first kappa shape index (κ1) is 14.1. The molecular formula is C14H7BrFNO3S. The van der Waals surface area contributed by atoms with Crippen molar-refractivity contribution in [3.63, 3.8) is 0 Å². The molecule has 0 atom stereocenters. The van der Waals surface area contributed by atoms with Gasteiger partial charge in [0.05, 0.1) is 26.5 Å². The molecule has 21 heavy (non-hydrogen) atoms. The van der Waals surface area contributed by atoms with Gasteiger partial charge in [-0.1, -0.05) is 0 Å². The van der Waals surface area contributed by atoms with Crippen molar-refractivity contribution in [1.29, 1.82) is 0 Å². The molecule has 0 aliphatic carbocycles. The number of thiophene rings is 1. The number of Topliss-reactive ketones (excluding diaryl/α,β-unsaturated/α-hetero) is 2. The van der Waals surface area contributed by atoms with Gasteiger partial charge in [-0.3, -0.25) is 19.3 Å². The maximum Gasteiger partial charge on any atom is 0.299 e. The van der Waals surface area contributed by atoms with Crippen molar-refractivity contribution in [2.45, 2.75) is 0 Å². The number of anilines is 1. The lowest BCUT2D eigenvalue weighted by Crippen LogP contribution is -2.34. The number of carbonyl (C=O) groups is 3. The number of hydrogen-bond acceptors (Lipinski definition) is 4. The molecular weight excluding hydrogens is 361 g/mol. The predicted molar refractivity (Wildman–Crippen MR) is 79.4 cm³/mol. The molecule has 1 aromatic carbocycles. The molecule has 0 saturated carbocycles. The molecule has 3 rings (SSSR count). The standard InChI is InChI=1S/C14H7BrFNO3S/c15-12-4-3-11(21-12)10(18)6-17-9-5-7(16)1-2-8(9)13(19)14(17)20/h1-5H,6H2. The molecule has 0 saturated heterocycles. The minimum atomic E-state index is -0.806. The van der Waals surface area contributed by atoms with Gasteiger partial charge < -0.3 is 0 Å². The van der Waals surface area contributed by atoms with E-state index in [0.29, 0.717) is 4.88 Å². The van der Waals surface area contributed by atoms with Crippen molar-refractivity contribution < 1.29 is 18.8 Å². The SMILES string of the molecule is O=C(CN1C(=O)C(=O)c2ccc(F)cc21)c1ccc(Br)s1. The Morgan fingerprint density at radius 1 is 1.24 bits per heavy atom. The van der Waals surface area contributed by atoms with Crippen molar-refractivity contribution in [2.75, 3.05) is 11.4 Å². The van der Waals surface area contributed by atoms with E-state index in [1.165, 1.54) is 17.4 Å². The summed E-state index contributed by atoms with van der Waals surface area (Å²) in [5, 5.41) is 0. The summed E-state index contributed by atoms with van der Waals surface area (Å²) in [6.07, 6.45) is 0. The molecule has 0 N–H and O–H groups in total. The van der Waals surface area contributed by atoms with Crippen LogP contribution in [0.15, 0.2) is 34.1 Å². The van der Waals surface area contributed by atoms with E-state index in [1.807, 2.05) is 0 Å². The summed E-state index contributed by atoms with van der Waals surface area (Å²) in [4.78, 5) is 37.4. The highest BCUT2D eigenvalue weighted by Crippen LogP contribution is 2.30. The minimum Gasteiger partial charge on any atom is -0.297 e. The van der Waals surface area contributed by atoms with E-state index in [1.54, 1.807) is 12.1 Å². The third-order valence-corrected chi connectivity index (χ3v) is 4.75. The smallest absolute Gasteiger partial charge is 0.297 e. The van der Waals surface area contributed by atoms with Crippen LogP contribution in [0.1, 0.15) is 20.0 Å². The molecule has 0 unspecified atom stereocenters. The fraction of sp³-hybridized carbons (Fsp3) is 0.0714.